The van der Waals surface area contributed by atoms with Crippen molar-refractivity contribution >= 4 is 9.84 Å². The molecule has 0 saturated heterocycles. The molecular formula is C8H19NO3S. The first kappa shape index (κ1) is 12.9. The van der Waals surface area contributed by atoms with E-state index in [1.807, 2.05) is 6.92 Å². The van der Waals surface area contributed by atoms with Crippen molar-refractivity contribution in [2.75, 3.05) is 31.3 Å². The molecule has 0 aromatic rings. The average molecular weight is 209 g/mol. The molecule has 0 unspecified atom stereocenters. The minimum absolute atomic E-state index is 0.204. The second kappa shape index (κ2) is 7.29. The van der Waals surface area contributed by atoms with E-state index in [1.54, 1.807) is 0 Å². The molecule has 0 heterocycles. The standard InChI is InChI=1S/C8H19NO3S/c1-2-12-6-4-8-13(10,11)7-3-5-9/h2-9H2,1H3. The third-order valence-electron chi connectivity index (χ3n) is 1.61. The molecule has 0 aliphatic heterocycles. The largest absolute Gasteiger partial charge is 0.382 e. The van der Waals surface area contributed by atoms with E-state index in [-0.39, 0.29) is 11.5 Å². The van der Waals surface area contributed by atoms with Gasteiger partial charge in [0.1, 0.15) is 9.84 Å². The lowest BCUT2D eigenvalue weighted by Gasteiger charge is -2.03. The zero-order chi connectivity index (χ0) is 10.2. The van der Waals surface area contributed by atoms with E-state index in [4.69, 9.17) is 10.5 Å². The molecule has 0 spiro atoms. The van der Waals surface area contributed by atoms with Gasteiger partial charge in [0.25, 0.3) is 0 Å². The van der Waals surface area contributed by atoms with E-state index >= 15 is 0 Å². The van der Waals surface area contributed by atoms with Crippen LogP contribution in [0.5, 0.6) is 0 Å². The van der Waals surface area contributed by atoms with Crippen LogP contribution in [0.2, 0.25) is 0 Å². The van der Waals surface area contributed by atoms with Crippen LogP contribution in [-0.4, -0.2) is 39.7 Å². The van der Waals surface area contributed by atoms with Gasteiger partial charge in [-0.15, -0.1) is 0 Å². The molecule has 13 heavy (non-hydrogen) atoms. The minimum atomic E-state index is -2.88. The Kier molecular flexibility index (Phi) is 7.22. The van der Waals surface area contributed by atoms with Gasteiger partial charge >= 0.3 is 0 Å². The number of ether oxygens (including phenoxy) is 1. The lowest BCUT2D eigenvalue weighted by Crippen LogP contribution is -2.15. The summed E-state index contributed by atoms with van der Waals surface area (Å²) >= 11 is 0. The van der Waals surface area contributed by atoms with Crippen LogP contribution in [0.3, 0.4) is 0 Å². The van der Waals surface area contributed by atoms with Crippen LogP contribution in [0, 0.1) is 0 Å². The third-order valence-corrected chi connectivity index (χ3v) is 3.43. The van der Waals surface area contributed by atoms with Crippen LogP contribution in [-0.2, 0) is 14.6 Å². The van der Waals surface area contributed by atoms with Crippen molar-refractivity contribution in [3.63, 3.8) is 0 Å². The molecule has 0 aliphatic carbocycles. The normalized spacial score (nSPS) is 11.8. The summed E-state index contributed by atoms with van der Waals surface area (Å²) in [5, 5.41) is 0. The molecule has 4 nitrogen and oxygen atoms in total. The molecule has 0 rings (SSSR count). The first-order chi connectivity index (χ1) is 6.12. The maximum absolute atomic E-state index is 11.2. The van der Waals surface area contributed by atoms with Gasteiger partial charge in [-0.2, -0.15) is 0 Å². The van der Waals surface area contributed by atoms with Gasteiger partial charge in [0.05, 0.1) is 11.5 Å². The van der Waals surface area contributed by atoms with Gasteiger partial charge in [0, 0.05) is 13.2 Å². The first-order valence-electron chi connectivity index (χ1n) is 4.60. The molecule has 0 saturated carbocycles. The van der Waals surface area contributed by atoms with E-state index < -0.39 is 9.84 Å². The molecule has 80 valence electrons. The predicted molar refractivity (Wildman–Crippen MR) is 53.4 cm³/mol. The third kappa shape index (κ3) is 8.21. The van der Waals surface area contributed by atoms with Crippen molar-refractivity contribution in [1.82, 2.24) is 0 Å². The summed E-state index contributed by atoms with van der Waals surface area (Å²) in [6.45, 7) is 3.49. The number of hydrogen-bond acceptors (Lipinski definition) is 4. The van der Waals surface area contributed by atoms with E-state index in [0.29, 0.717) is 32.6 Å². The maximum atomic E-state index is 11.2. The quantitative estimate of drug-likeness (QED) is 0.579. The van der Waals surface area contributed by atoms with Crippen molar-refractivity contribution in [3.05, 3.63) is 0 Å². The van der Waals surface area contributed by atoms with Gasteiger partial charge in [-0.05, 0) is 26.3 Å². The van der Waals surface area contributed by atoms with E-state index in [2.05, 4.69) is 0 Å². The van der Waals surface area contributed by atoms with Crippen molar-refractivity contribution in [2.45, 2.75) is 19.8 Å². The molecular weight excluding hydrogens is 190 g/mol. The molecule has 0 fully saturated rings. The average Bonchev–Trinajstić information content (AvgIpc) is 2.09. The Morgan fingerprint density at radius 1 is 1.23 bits per heavy atom. The SMILES string of the molecule is CCOCCCS(=O)(=O)CCCN. The van der Waals surface area contributed by atoms with Crippen LogP contribution in [0.4, 0.5) is 0 Å². The molecule has 0 aliphatic rings. The zero-order valence-electron chi connectivity index (χ0n) is 8.16. The Hall–Kier alpha value is -0.130. The highest BCUT2D eigenvalue weighted by Crippen LogP contribution is 1.96. The summed E-state index contributed by atoms with van der Waals surface area (Å²) in [6.07, 6.45) is 1.14. The topological polar surface area (TPSA) is 69.4 Å². The lowest BCUT2D eigenvalue weighted by molar-refractivity contribution is 0.148. The Bertz CT molecular complexity index is 201. The van der Waals surface area contributed by atoms with Crippen molar-refractivity contribution in [3.8, 4) is 0 Å². The highest BCUT2D eigenvalue weighted by atomic mass is 32.2. The van der Waals surface area contributed by atoms with Crippen LogP contribution < -0.4 is 5.73 Å². The summed E-state index contributed by atoms with van der Waals surface area (Å²) < 4.78 is 27.5. The lowest BCUT2D eigenvalue weighted by atomic mass is 10.5. The number of sulfone groups is 1. The van der Waals surface area contributed by atoms with Gasteiger partial charge in [0.2, 0.25) is 0 Å². The van der Waals surface area contributed by atoms with E-state index in [9.17, 15) is 8.42 Å². The van der Waals surface area contributed by atoms with Crippen molar-refractivity contribution in [1.29, 1.82) is 0 Å². The molecule has 2 N–H and O–H groups in total. The molecule has 0 amide bonds. The minimum Gasteiger partial charge on any atom is -0.382 e. The van der Waals surface area contributed by atoms with E-state index in [1.165, 1.54) is 0 Å². The monoisotopic (exact) mass is 209 g/mol. The number of rotatable bonds is 8. The summed E-state index contributed by atoms with van der Waals surface area (Å²) in [5.41, 5.74) is 5.22. The van der Waals surface area contributed by atoms with Gasteiger partial charge in [-0.1, -0.05) is 0 Å². The summed E-state index contributed by atoms with van der Waals surface area (Å²) in [4.78, 5) is 0. The summed E-state index contributed by atoms with van der Waals surface area (Å²) in [5.74, 6) is 0.419. The van der Waals surface area contributed by atoms with E-state index in [0.717, 1.165) is 0 Å². The van der Waals surface area contributed by atoms with Crippen molar-refractivity contribution in [2.24, 2.45) is 5.73 Å². The fraction of sp³-hybridized carbons (Fsp3) is 1.00. The first-order valence-corrected chi connectivity index (χ1v) is 6.42. The van der Waals surface area contributed by atoms with Crippen LogP contribution >= 0.6 is 0 Å². The highest BCUT2D eigenvalue weighted by Gasteiger charge is 2.08. The fourth-order valence-corrected chi connectivity index (χ4v) is 2.30. The van der Waals surface area contributed by atoms with Crippen LogP contribution in [0.1, 0.15) is 19.8 Å². The van der Waals surface area contributed by atoms with Gasteiger partial charge in [-0.3, -0.25) is 0 Å². The summed E-state index contributed by atoms with van der Waals surface area (Å²) in [6, 6.07) is 0. The van der Waals surface area contributed by atoms with Crippen molar-refractivity contribution < 1.29 is 13.2 Å². The Morgan fingerprint density at radius 3 is 2.38 bits per heavy atom. The molecule has 0 atom stereocenters. The molecule has 0 bridgehead atoms. The van der Waals surface area contributed by atoms with Crippen LogP contribution in [0.15, 0.2) is 0 Å². The molecule has 0 radical (unpaired) electrons. The van der Waals surface area contributed by atoms with Gasteiger partial charge < -0.3 is 10.5 Å². The number of hydrogen-bond donors (Lipinski definition) is 1. The maximum Gasteiger partial charge on any atom is 0.150 e. The molecule has 5 heteroatoms. The second-order valence-corrected chi connectivity index (χ2v) is 5.15. The highest BCUT2D eigenvalue weighted by molar-refractivity contribution is 7.91. The van der Waals surface area contributed by atoms with Gasteiger partial charge in [-0.25, -0.2) is 8.42 Å². The fourth-order valence-electron chi connectivity index (χ4n) is 0.931. The zero-order valence-corrected chi connectivity index (χ0v) is 8.98. The smallest absolute Gasteiger partial charge is 0.150 e. The number of nitrogens with two attached hydrogens (primary N) is 1. The van der Waals surface area contributed by atoms with Crippen LogP contribution in [0.25, 0.3) is 0 Å². The Labute approximate surface area is 80.4 Å². The molecule has 0 aromatic heterocycles. The van der Waals surface area contributed by atoms with Gasteiger partial charge in [0.15, 0.2) is 0 Å². The second-order valence-electron chi connectivity index (χ2n) is 2.84. The Morgan fingerprint density at radius 2 is 1.85 bits per heavy atom. The molecule has 0 aromatic carbocycles. The Balaban J connectivity index is 3.52. The summed E-state index contributed by atoms with van der Waals surface area (Å²) in [7, 11) is -2.88. The predicted octanol–water partition coefficient (Wildman–Crippen LogP) is 0.177.